The Kier molecular flexibility index (Phi) is 5.54. The quantitative estimate of drug-likeness (QED) is 0.217. The third-order valence-electron chi connectivity index (χ3n) is 5.69. The van der Waals surface area contributed by atoms with Crippen molar-refractivity contribution < 1.29 is 0 Å². The van der Waals surface area contributed by atoms with E-state index in [9.17, 15) is 0 Å². The average molecular weight is 425 g/mol. The van der Waals surface area contributed by atoms with Crippen LogP contribution < -0.4 is 22.1 Å². The number of benzene rings is 3. The van der Waals surface area contributed by atoms with Crippen molar-refractivity contribution in [3.8, 4) is 22.3 Å². The summed E-state index contributed by atoms with van der Waals surface area (Å²) in [5.74, 6) is 1.99. The minimum Gasteiger partial charge on any atom is -0.370 e. The molecule has 2 aromatic heterocycles. The molecule has 0 amide bonds. The van der Waals surface area contributed by atoms with Crippen LogP contribution in [-0.2, 0) is 0 Å². The molecule has 0 saturated heterocycles. The van der Waals surface area contributed by atoms with Crippen molar-refractivity contribution in [3.05, 3.63) is 72.8 Å². The molecule has 0 aliphatic heterocycles. The van der Waals surface area contributed by atoms with Gasteiger partial charge in [-0.3, -0.25) is 0 Å². The van der Waals surface area contributed by atoms with Crippen molar-refractivity contribution in [2.75, 3.05) is 36.8 Å². The third-order valence-corrected chi connectivity index (χ3v) is 5.69. The Balaban J connectivity index is 1.45. The maximum absolute atomic E-state index is 5.60. The summed E-state index contributed by atoms with van der Waals surface area (Å²) in [5.41, 5.74) is 18.2. The predicted molar refractivity (Wildman–Crippen MR) is 136 cm³/mol. The van der Waals surface area contributed by atoms with Crippen molar-refractivity contribution in [2.24, 2.45) is 11.5 Å². The summed E-state index contributed by atoms with van der Waals surface area (Å²) in [4.78, 5) is 6.79. The lowest BCUT2D eigenvalue weighted by Crippen LogP contribution is -2.13. The van der Waals surface area contributed by atoms with Crippen LogP contribution in [0.25, 0.3) is 44.1 Å². The second-order valence-corrected chi connectivity index (χ2v) is 7.98. The number of aromatic nitrogens is 2. The fourth-order valence-electron chi connectivity index (χ4n) is 4.11. The summed E-state index contributed by atoms with van der Waals surface area (Å²) in [7, 11) is 0. The van der Waals surface area contributed by atoms with Crippen LogP contribution in [0.1, 0.15) is 0 Å². The largest absolute Gasteiger partial charge is 0.370 e. The first-order valence-electron chi connectivity index (χ1n) is 11.0. The molecule has 162 valence electrons. The molecule has 5 aromatic rings. The van der Waals surface area contributed by atoms with Crippen molar-refractivity contribution in [1.82, 2.24) is 9.97 Å². The highest BCUT2D eigenvalue weighted by molar-refractivity contribution is 5.90. The van der Waals surface area contributed by atoms with Crippen LogP contribution in [-0.4, -0.2) is 36.1 Å². The average Bonchev–Trinajstić information content (AvgIpc) is 3.43. The van der Waals surface area contributed by atoms with Crippen LogP contribution >= 0.6 is 0 Å². The lowest BCUT2D eigenvalue weighted by atomic mass is 9.98. The third kappa shape index (κ3) is 4.06. The Morgan fingerprint density at radius 2 is 1.03 bits per heavy atom. The first kappa shape index (κ1) is 20.2. The molecule has 6 heteroatoms. The number of nitrogens with one attached hydrogen (secondary N) is 4. The molecule has 0 fully saturated rings. The normalized spacial score (nSPS) is 11.3. The van der Waals surface area contributed by atoms with Crippen LogP contribution in [0.4, 0.5) is 11.6 Å². The van der Waals surface area contributed by atoms with Gasteiger partial charge in [0, 0.05) is 48.0 Å². The molecule has 0 spiro atoms. The fourth-order valence-corrected chi connectivity index (χ4v) is 4.11. The molecule has 2 heterocycles. The summed E-state index contributed by atoms with van der Waals surface area (Å²) < 4.78 is 0. The number of anilines is 2. The highest BCUT2D eigenvalue weighted by atomic mass is 15.0. The molecular formula is C26H28N6. The van der Waals surface area contributed by atoms with Gasteiger partial charge in [-0.2, -0.15) is 0 Å². The minimum absolute atomic E-state index is 0.605. The van der Waals surface area contributed by atoms with E-state index in [0.29, 0.717) is 13.1 Å². The van der Waals surface area contributed by atoms with E-state index < -0.39 is 0 Å². The molecule has 3 aromatic carbocycles. The SMILES string of the molecule is NCCNc1cc2cc(-c3cccc(-c4ccc5[nH]c(NCCN)cc5c4)c3)ccc2[nH]1. The van der Waals surface area contributed by atoms with E-state index in [4.69, 9.17) is 11.5 Å². The van der Waals surface area contributed by atoms with Gasteiger partial charge in [0.25, 0.3) is 0 Å². The topological polar surface area (TPSA) is 108 Å². The number of nitrogens with two attached hydrogens (primary N) is 2. The first-order valence-corrected chi connectivity index (χ1v) is 11.0. The van der Waals surface area contributed by atoms with Crippen LogP contribution in [0, 0.1) is 0 Å². The maximum atomic E-state index is 5.60. The number of aromatic amines is 2. The van der Waals surface area contributed by atoms with Crippen LogP contribution in [0.15, 0.2) is 72.8 Å². The summed E-state index contributed by atoms with van der Waals surface area (Å²) in [6.07, 6.45) is 0. The Morgan fingerprint density at radius 1 is 0.562 bits per heavy atom. The zero-order valence-corrected chi connectivity index (χ0v) is 17.9. The van der Waals surface area contributed by atoms with Gasteiger partial charge in [-0.05, 0) is 64.7 Å². The summed E-state index contributed by atoms with van der Waals surface area (Å²) in [6.45, 7) is 2.70. The zero-order valence-electron chi connectivity index (χ0n) is 17.9. The molecule has 5 rings (SSSR count). The van der Waals surface area contributed by atoms with Crippen molar-refractivity contribution in [1.29, 1.82) is 0 Å². The molecule has 8 N–H and O–H groups in total. The molecule has 0 radical (unpaired) electrons. The number of hydrogen-bond donors (Lipinski definition) is 6. The Hall–Kier alpha value is -3.74. The van der Waals surface area contributed by atoms with Crippen molar-refractivity contribution >= 4 is 33.4 Å². The first-order chi connectivity index (χ1) is 15.7. The molecular weight excluding hydrogens is 396 g/mol. The summed E-state index contributed by atoms with van der Waals surface area (Å²) in [5, 5.41) is 8.97. The number of hydrogen-bond acceptors (Lipinski definition) is 4. The molecule has 0 aliphatic carbocycles. The van der Waals surface area contributed by atoms with Gasteiger partial charge in [0.1, 0.15) is 11.6 Å². The highest BCUT2D eigenvalue weighted by Gasteiger charge is 2.07. The van der Waals surface area contributed by atoms with Gasteiger partial charge in [0.05, 0.1) is 0 Å². The molecule has 0 bridgehead atoms. The van der Waals surface area contributed by atoms with E-state index in [1.54, 1.807) is 0 Å². The van der Waals surface area contributed by atoms with Gasteiger partial charge in [0.2, 0.25) is 0 Å². The van der Waals surface area contributed by atoms with E-state index in [0.717, 1.165) is 35.8 Å². The monoisotopic (exact) mass is 424 g/mol. The van der Waals surface area contributed by atoms with Crippen LogP contribution in [0.2, 0.25) is 0 Å². The van der Waals surface area contributed by atoms with Gasteiger partial charge in [-0.15, -0.1) is 0 Å². The smallest absolute Gasteiger partial charge is 0.104 e. The molecule has 6 nitrogen and oxygen atoms in total. The number of rotatable bonds is 8. The molecule has 0 aliphatic rings. The van der Waals surface area contributed by atoms with Crippen LogP contribution in [0.3, 0.4) is 0 Å². The Labute approximate surface area is 187 Å². The maximum Gasteiger partial charge on any atom is 0.104 e. The lowest BCUT2D eigenvalue weighted by Gasteiger charge is -2.07. The number of H-pyrrole nitrogens is 2. The van der Waals surface area contributed by atoms with Gasteiger partial charge < -0.3 is 32.1 Å². The highest BCUT2D eigenvalue weighted by Crippen LogP contribution is 2.31. The van der Waals surface area contributed by atoms with E-state index in [2.05, 4.69) is 93.4 Å². The molecule has 0 unspecified atom stereocenters. The van der Waals surface area contributed by atoms with E-state index in [-0.39, 0.29) is 0 Å². The number of fused-ring (bicyclic) bond motifs is 2. The van der Waals surface area contributed by atoms with E-state index in [1.165, 1.54) is 33.0 Å². The minimum atomic E-state index is 0.605. The van der Waals surface area contributed by atoms with Gasteiger partial charge in [0.15, 0.2) is 0 Å². The predicted octanol–water partition coefficient (Wildman–Crippen LogP) is 4.72. The molecule has 0 atom stereocenters. The zero-order chi connectivity index (χ0) is 21.9. The summed E-state index contributed by atoms with van der Waals surface area (Å²) in [6, 6.07) is 26.0. The molecule has 32 heavy (non-hydrogen) atoms. The second kappa shape index (κ2) is 8.78. The van der Waals surface area contributed by atoms with Crippen LogP contribution in [0.5, 0.6) is 0 Å². The van der Waals surface area contributed by atoms with E-state index in [1.807, 2.05) is 0 Å². The summed E-state index contributed by atoms with van der Waals surface area (Å²) >= 11 is 0. The Morgan fingerprint density at radius 3 is 1.50 bits per heavy atom. The van der Waals surface area contributed by atoms with Gasteiger partial charge in [-0.1, -0.05) is 30.3 Å². The standard InChI is InChI=1S/C26H28N6/c27-8-10-29-25-15-21-13-19(4-6-23(21)31-25)17-2-1-3-18(12-17)20-5-7-24-22(14-20)16-26(32-24)30-11-9-28/h1-7,12-16,29-32H,8-11,27-28H2. The lowest BCUT2D eigenvalue weighted by molar-refractivity contribution is 1.02. The van der Waals surface area contributed by atoms with Gasteiger partial charge in [-0.25, -0.2) is 0 Å². The van der Waals surface area contributed by atoms with Crippen molar-refractivity contribution in [3.63, 3.8) is 0 Å². The Bertz CT molecular complexity index is 1260. The van der Waals surface area contributed by atoms with Gasteiger partial charge >= 0.3 is 0 Å². The second-order valence-electron chi connectivity index (χ2n) is 7.98. The molecule has 0 saturated carbocycles. The fraction of sp³-hybridized carbons (Fsp3) is 0.154. The van der Waals surface area contributed by atoms with Crippen molar-refractivity contribution in [2.45, 2.75) is 0 Å². The van der Waals surface area contributed by atoms with E-state index >= 15 is 0 Å².